The first-order valence-corrected chi connectivity index (χ1v) is 8.03. The first-order valence-electron chi connectivity index (χ1n) is 8.03. The molecule has 0 atom stereocenters. The third-order valence-corrected chi connectivity index (χ3v) is 4.21. The first-order chi connectivity index (χ1) is 12.3. The zero-order chi connectivity index (χ0) is 17.2. The fraction of sp³-hybridized carbons (Fsp3) is 0.0952. The zero-order valence-corrected chi connectivity index (χ0v) is 13.7. The van der Waals surface area contributed by atoms with Crippen LogP contribution in [0.4, 0.5) is 0 Å². The number of ether oxygens (including phenoxy) is 1. The molecule has 25 heavy (non-hydrogen) atoms. The van der Waals surface area contributed by atoms with Crippen LogP contribution in [0.25, 0.3) is 21.8 Å². The van der Waals surface area contributed by atoms with Crippen molar-refractivity contribution in [3.8, 4) is 11.8 Å². The summed E-state index contributed by atoms with van der Waals surface area (Å²) >= 11 is 0. The quantitative estimate of drug-likeness (QED) is 0.555. The monoisotopic (exact) mass is 325 g/mol. The predicted octanol–water partition coefficient (Wildman–Crippen LogP) is 4.54. The van der Waals surface area contributed by atoms with Gasteiger partial charge in [-0.3, -0.25) is 0 Å². The number of nitrogens with zero attached hydrogens (tertiary/aromatic N) is 3. The summed E-state index contributed by atoms with van der Waals surface area (Å²) in [5.74, 6) is 0.565. The van der Waals surface area contributed by atoms with Crippen molar-refractivity contribution < 1.29 is 4.74 Å². The Labute approximate surface area is 145 Å². The fourth-order valence-corrected chi connectivity index (χ4v) is 2.89. The maximum Gasteiger partial charge on any atom is 0.138 e. The van der Waals surface area contributed by atoms with Crippen molar-refractivity contribution >= 4 is 21.8 Å². The minimum absolute atomic E-state index is 0.274. The summed E-state index contributed by atoms with van der Waals surface area (Å²) in [4.78, 5) is 9.21. The molecule has 1 heterocycles. The maximum absolute atomic E-state index is 9.55. The molecule has 0 saturated heterocycles. The lowest BCUT2D eigenvalue weighted by Crippen LogP contribution is -2.04. The topological polar surface area (TPSA) is 58.8 Å². The molecule has 3 aromatic carbocycles. The molecule has 120 valence electrons. The van der Waals surface area contributed by atoms with Crippen molar-refractivity contribution in [3.63, 3.8) is 0 Å². The van der Waals surface area contributed by atoms with Crippen molar-refractivity contribution in [1.29, 1.82) is 5.26 Å². The highest BCUT2D eigenvalue weighted by Crippen LogP contribution is 2.28. The number of para-hydroxylation sites is 2. The van der Waals surface area contributed by atoms with Gasteiger partial charge in [-0.05, 0) is 30.5 Å². The number of aromatic nitrogens is 2. The Morgan fingerprint density at radius 2 is 1.64 bits per heavy atom. The predicted molar refractivity (Wildman–Crippen MR) is 97.3 cm³/mol. The third-order valence-electron chi connectivity index (χ3n) is 4.21. The van der Waals surface area contributed by atoms with E-state index in [0.717, 1.165) is 33.2 Å². The van der Waals surface area contributed by atoms with E-state index >= 15 is 0 Å². The normalized spacial score (nSPS) is 10.7. The average Bonchev–Trinajstić information content (AvgIpc) is 2.65. The van der Waals surface area contributed by atoms with Crippen LogP contribution in [0.5, 0.6) is 5.75 Å². The lowest BCUT2D eigenvalue weighted by Gasteiger charge is -2.11. The summed E-state index contributed by atoms with van der Waals surface area (Å²) in [5.41, 5.74) is 3.86. The number of hydrogen-bond acceptors (Lipinski definition) is 4. The van der Waals surface area contributed by atoms with Crippen molar-refractivity contribution in [3.05, 3.63) is 77.6 Å². The van der Waals surface area contributed by atoms with E-state index in [2.05, 4.69) is 16.0 Å². The number of aryl methyl sites for hydroxylation is 1. The Bertz CT molecular complexity index is 1130. The SMILES string of the molecule is Cc1nc2ccccc2nc1COc1ccc2ccccc2c1C#N. The van der Waals surface area contributed by atoms with Gasteiger partial charge in [-0.25, -0.2) is 9.97 Å². The highest BCUT2D eigenvalue weighted by atomic mass is 16.5. The minimum Gasteiger partial charge on any atom is -0.486 e. The average molecular weight is 325 g/mol. The molecule has 4 aromatic rings. The molecule has 0 radical (unpaired) electrons. The Kier molecular flexibility index (Phi) is 3.75. The van der Waals surface area contributed by atoms with E-state index in [1.807, 2.05) is 67.6 Å². The van der Waals surface area contributed by atoms with Gasteiger partial charge in [0.2, 0.25) is 0 Å². The summed E-state index contributed by atoms with van der Waals surface area (Å²) in [6, 6.07) is 21.6. The van der Waals surface area contributed by atoms with Gasteiger partial charge < -0.3 is 4.74 Å². The number of rotatable bonds is 3. The maximum atomic E-state index is 9.55. The molecule has 4 rings (SSSR count). The summed E-state index contributed by atoms with van der Waals surface area (Å²) in [6.07, 6.45) is 0. The van der Waals surface area contributed by atoms with Crippen molar-refractivity contribution in [2.24, 2.45) is 0 Å². The van der Waals surface area contributed by atoms with Gasteiger partial charge in [-0.2, -0.15) is 5.26 Å². The van der Waals surface area contributed by atoms with Gasteiger partial charge in [0.25, 0.3) is 0 Å². The lowest BCUT2D eigenvalue weighted by molar-refractivity contribution is 0.300. The van der Waals surface area contributed by atoms with Crippen LogP contribution in [0.1, 0.15) is 17.0 Å². The van der Waals surface area contributed by atoms with Crippen molar-refractivity contribution in [2.45, 2.75) is 13.5 Å². The lowest BCUT2D eigenvalue weighted by atomic mass is 10.0. The molecule has 0 amide bonds. The van der Waals surface area contributed by atoms with Gasteiger partial charge in [0, 0.05) is 5.39 Å². The molecule has 1 aromatic heterocycles. The van der Waals surface area contributed by atoms with Gasteiger partial charge in [-0.1, -0.05) is 42.5 Å². The summed E-state index contributed by atoms with van der Waals surface area (Å²) in [7, 11) is 0. The second kappa shape index (κ2) is 6.21. The molecule has 0 aliphatic heterocycles. The second-order valence-electron chi connectivity index (χ2n) is 5.80. The molecule has 0 saturated carbocycles. The molecule has 4 heteroatoms. The van der Waals surface area contributed by atoms with E-state index in [9.17, 15) is 5.26 Å². The van der Waals surface area contributed by atoms with Gasteiger partial charge in [0.15, 0.2) is 0 Å². The molecule has 0 fully saturated rings. The highest BCUT2D eigenvalue weighted by molar-refractivity contribution is 5.90. The number of hydrogen-bond donors (Lipinski definition) is 0. The van der Waals surface area contributed by atoms with Crippen LogP contribution in [0.2, 0.25) is 0 Å². The Morgan fingerprint density at radius 1 is 0.920 bits per heavy atom. The van der Waals surface area contributed by atoms with E-state index in [0.29, 0.717) is 11.3 Å². The summed E-state index contributed by atoms with van der Waals surface area (Å²) in [5, 5.41) is 11.5. The van der Waals surface area contributed by atoms with Gasteiger partial charge in [0.05, 0.1) is 22.4 Å². The van der Waals surface area contributed by atoms with Gasteiger partial charge in [-0.15, -0.1) is 0 Å². The van der Waals surface area contributed by atoms with Crippen LogP contribution in [0, 0.1) is 18.3 Å². The summed E-state index contributed by atoms with van der Waals surface area (Å²) in [6.45, 7) is 2.19. The standard InChI is InChI=1S/C21H15N3O/c1-14-20(24-19-9-5-4-8-18(19)23-14)13-25-21-11-10-15-6-2-3-7-16(15)17(21)12-22/h2-11H,13H2,1H3. The van der Waals surface area contributed by atoms with Crippen molar-refractivity contribution in [1.82, 2.24) is 9.97 Å². The van der Waals surface area contributed by atoms with Crippen LogP contribution in [-0.4, -0.2) is 9.97 Å². The molecule has 0 spiro atoms. The highest BCUT2D eigenvalue weighted by Gasteiger charge is 2.11. The molecule has 4 nitrogen and oxygen atoms in total. The number of fused-ring (bicyclic) bond motifs is 2. The van der Waals surface area contributed by atoms with Crippen LogP contribution in [-0.2, 0) is 6.61 Å². The molecule has 0 aliphatic carbocycles. The first kappa shape index (κ1) is 15.1. The Hall–Kier alpha value is -3.45. The van der Waals surface area contributed by atoms with Crippen LogP contribution in [0.15, 0.2) is 60.7 Å². The van der Waals surface area contributed by atoms with Gasteiger partial charge >= 0.3 is 0 Å². The van der Waals surface area contributed by atoms with Gasteiger partial charge in [0.1, 0.15) is 24.0 Å². The molecule has 0 unspecified atom stereocenters. The van der Waals surface area contributed by atoms with E-state index in [4.69, 9.17) is 4.74 Å². The number of nitriles is 1. The van der Waals surface area contributed by atoms with E-state index in [1.165, 1.54) is 0 Å². The van der Waals surface area contributed by atoms with Crippen molar-refractivity contribution in [2.75, 3.05) is 0 Å². The molecule has 0 bridgehead atoms. The van der Waals surface area contributed by atoms with Crippen LogP contribution < -0.4 is 4.74 Å². The Morgan fingerprint density at radius 3 is 2.44 bits per heavy atom. The molecular weight excluding hydrogens is 310 g/mol. The summed E-state index contributed by atoms with van der Waals surface area (Å²) < 4.78 is 5.93. The Balaban J connectivity index is 1.69. The molecule has 0 aliphatic rings. The van der Waals surface area contributed by atoms with E-state index in [1.54, 1.807) is 0 Å². The van der Waals surface area contributed by atoms with E-state index < -0.39 is 0 Å². The minimum atomic E-state index is 0.274. The zero-order valence-electron chi connectivity index (χ0n) is 13.7. The second-order valence-corrected chi connectivity index (χ2v) is 5.80. The molecular formula is C21H15N3O. The van der Waals surface area contributed by atoms with Crippen LogP contribution >= 0.6 is 0 Å². The largest absolute Gasteiger partial charge is 0.486 e. The van der Waals surface area contributed by atoms with E-state index in [-0.39, 0.29) is 6.61 Å². The third kappa shape index (κ3) is 2.77. The molecule has 0 N–H and O–H groups in total. The fourth-order valence-electron chi connectivity index (χ4n) is 2.89. The van der Waals surface area contributed by atoms with Crippen LogP contribution in [0.3, 0.4) is 0 Å². The number of benzene rings is 3. The smallest absolute Gasteiger partial charge is 0.138 e.